The van der Waals surface area contributed by atoms with Crippen LogP contribution in [0.4, 0.5) is 0 Å². The van der Waals surface area contributed by atoms with Crippen molar-refractivity contribution in [3.05, 3.63) is 29.8 Å². The molecule has 0 unspecified atom stereocenters. The zero-order valence-corrected chi connectivity index (χ0v) is 8.58. The van der Waals surface area contributed by atoms with E-state index in [1.807, 2.05) is 19.3 Å². The molecule has 0 aromatic carbocycles. The maximum absolute atomic E-state index is 11.2. The predicted molar refractivity (Wildman–Crippen MR) is 52.3 cm³/mol. The molecule has 2 heterocycles. The third-order valence-corrected chi connectivity index (χ3v) is 2.06. The third-order valence-electron chi connectivity index (χ3n) is 2.06. The highest BCUT2D eigenvalue weighted by atomic mass is 16.1. The van der Waals surface area contributed by atoms with Gasteiger partial charge < -0.3 is 0 Å². The smallest absolute Gasteiger partial charge is 0.179 e. The molecular formula is C9H11N5O. The summed E-state index contributed by atoms with van der Waals surface area (Å²) >= 11 is 0. The van der Waals surface area contributed by atoms with E-state index in [-0.39, 0.29) is 5.78 Å². The van der Waals surface area contributed by atoms with Crippen molar-refractivity contribution in [1.29, 1.82) is 0 Å². The highest BCUT2D eigenvalue weighted by molar-refractivity contribution is 5.91. The Balaban J connectivity index is 2.24. The molecule has 0 spiro atoms. The predicted octanol–water partition coefficient (Wildman–Crippen LogP) is 0.262. The van der Waals surface area contributed by atoms with Crippen LogP contribution in [0, 0.1) is 0 Å². The molecule has 6 heteroatoms. The van der Waals surface area contributed by atoms with Gasteiger partial charge in [-0.25, -0.2) is 4.68 Å². The Hall–Kier alpha value is -1.98. The van der Waals surface area contributed by atoms with E-state index in [4.69, 9.17) is 0 Å². The minimum Gasteiger partial charge on any atom is -0.293 e. The number of nitrogens with zero attached hydrogens (tertiary/aromatic N) is 5. The van der Waals surface area contributed by atoms with Crippen molar-refractivity contribution in [3.63, 3.8) is 0 Å². The molecule has 0 aliphatic carbocycles. The van der Waals surface area contributed by atoms with E-state index < -0.39 is 0 Å². The fraction of sp³-hybridized carbons (Fsp3) is 0.333. The third kappa shape index (κ3) is 1.93. The van der Waals surface area contributed by atoms with Gasteiger partial charge in [0.1, 0.15) is 5.69 Å². The summed E-state index contributed by atoms with van der Waals surface area (Å²) in [5.41, 5.74) is 1.35. The fourth-order valence-corrected chi connectivity index (χ4v) is 1.35. The number of Topliss-reactive ketones (excluding diaryl/α,β-unsaturated/α-hetero) is 1. The Morgan fingerprint density at radius 3 is 2.93 bits per heavy atom. The zero-order chi connectivity index (χ0) is 10.8. The van der Waals surface area contributed by atoms with Crippen LogP contribution in [0.5, 0.6) is 0 Å². The van der Waals surface area contributed by atoms with Crippen LogP contribution < -0.4 is 0 Å². The van der Waals surface area contributed by atoms with Crippen LogP contribution in [0.15, 0.2) is 18.5 Å². The minimum atomic E-state index is -0.0454. The molecule has 0 radical (unpaired) electrons. The van der Waals surface area contributed by atoms with Gasteiger partial charge in [0, 0.05) is 20.2 Å². The molecule has 6 nitrogen and oxygen atoms in total. The highest BCUT2D eigenvalue weighted by Gasteiger charge is 2.09. The molecule has 78 valence electrons. The number of aromatic nitrogens is 5. The average Bonchev–Trinajstić information content (AvgIpc) is 2.75. The van der Waals surface area contributed by atoms with Gasteiger partial charge in [-0.3, -0.25) is 9.48 Å². The first kappa shape index (κ1) is 9.57. The Bertz CT molecular complexity index is 484. The van der Waals surface area contributed by atoms with Gasteiger partial charge in [0.25, 0.3) is 0 Å². The van der Waals surface area contributed by atoms with Crippen molar-refractivity contribution in [3.8, 4) is 0 Å². The molecular weight excluding hydrogens is 194 g/mol. The molecule has 15 heavy (non-hydrogen) atoms. The van der Waals surface area contributed by atoms with Gasteiger partial charge in [-0.2, -0.15) is 5.10 Å². The lowest BCUT2D eigenvalue weighted by molar-refractivity contribution is 0.100. The molecule has 0 aliphatic rings. The van der Waals surface area contributed by atoms with Gasteiger partial charge >= 0.3 is 0 Å². The molecule has 2 aromatic rings. The van der Waals surface area contributed by atoms with Crippen molar-refractivity contribution in [2.24, 2.45) is 7.05 Å². The van der Waals surface area contributed by atoms with Crippen LogP contribution in [0.25, 0.3) is 0 Å². The summed E-state index contributed by atoms with van der Waals surface area (Å²) in [6, 6.07) is 1.88. The number of rotatable bonds is 3. The fourth-order valence-electron chi connectivity index (χ4n) is 1.35. The molecule has 0 aliphatic heterocycles. The molecule has 0 bridgehead atoms. The molecule has 0 saturated carbocycles. The molecule has 0 fully saturated rings. The van der Waals surface area contributed by atoms with E-state index >= 15 is 0 Å². The zero-order valence-electron chi connectivity index (χ0n) is 8.58. The van der Waals surface area contributed by atoms with Crippen LogP contribution in [-0.2, 0) is 13.6 Å². The number of carbonyl (C=O) groups is 1. The Morgan fingerprint density at radius 1 is 1.53 bits per heavy atom. The molecule has 0 amide bonds. The average molecular weight is 205 g/mol. The minimum absolute atomic E-state index is 0.0454. The number of hydrogen-bond acceptors (Lipinski definition) is 4. The lowest BCUT2D eigenvalue weighted by atomic mass is 10.3. The van der Waals surface area contributed by atoms with Crippen molar-refractivity contribution in [2.45, 2.75) is 13.5 Å². The Labute approximate surface area is 86.5 Å². The summed E-state index contributed by atoms with van der Waals surface area (Å²) in [7, 11) is 1.84. The van der Waals surface area contributed by atoms with Crippen molar-refractivity contribution in [2.75, 3.05) is 0 Å². The van der Waals surface area contributed by atoms with E-state index in [0.29, 0.717) is 12.2 Å². The first-order chi connectivity index (χ1) is 7.16. The van der Waals surface area contributed by atoms with Gasteiger partial charge in [0.05, 0.1) is 18.4 Å². The van der Waals surface area contributed by atoms with Gasteiger partial charge in [0.15, 0.2) is 5.78 Å². The molecule has 2 rings (SSSR count). The Kier molecular flexibility index (Phi) is 2.32. The van der Waals surface area contributed by atoms with Gasteiger partial charge in [-0.1, -0.05) is 5.21 Å². The van der Waals surface area contributed by atoms with E-state index in [9.17, 15) is 4.79 Å². The number of ketones is 1. The first-order valence-electron chi connectivity index (χ1n) is 4.55. The largest absolute Gasteiger partial charge is 0.293 e. The SMILES string of the molecule is CC(=O)c1cnnn1Cc1ccn(C)n1. The lowest BCUT2D eigenvalue weighted by Crippen LogP contribution is -2.10. The maximum Gasteiger partial charge on any atom is 0.179 e. The summed E-state index contributed by atoms with van der Waals surface area (Å²) in [6.45, 7) is 1.96. The van der Waals surface area contributed by atoms with E-state index in [1.54, 1.807) is 9.36 Å². The highest BCUT2D eigenvalue weighted by Crippen LogP contribution is 2.02. The second kappa shape index (κ2) is 3.64. The Morgan fingerprint density at radius 2 is 2.33 bits per heavy atom. The number of aryl methyl sites for hydroxylation is 1. The van der Waals surface area contributed by atoms with Gasteiger partial charge in [-0.05, 0) is 6.07 Å². The number of carbonyl (C=O) groups excluding carboxylic acids is 1. The quantitative estimate of drug-likeness (QED) is 0.674. The molecule has 2 aromatic heterocycles. The van der Waals surface area contributed by atoms with E-state index in [0.717, 1.165) is 5.69 Å². The summed E-state index contributed by atoms with van der Waals surface area (Å²) < 4.78 is 3.25. The topological polar surface area (TPSA) is 65.6 Å². The lowest BCUT2D eigenvalue weighted by Gasteiger charge is -2.00. The first-order valence-corrected chi connectivity index (χ1v) is 4.55. The van der Waals surface area contributed by atoms with Crippen LogP contribution in [-0.4, -0.2) is 30.6 Å². The summed E-state index contributed by atoms with van der Waals surface area (Å²) in [4.78, 5) is 11.2. The summed E-state index contributed by atoms with van der Waals surface area (Å²) in [5, 5.41) is 11.7. The van der Waals surface area contributed by atoms with E-state index in [2.05, 4.69) is 15.4 Å². The maximum atomic E-state index is 11.2. The van der Waals surface area contributed by atoms with Gasteiger partial charge in [-0.15, -0.1) is 5.10 Å². The number of hydrogen-bond donors (Lipinski definition) is 0. The second-order valence-corrected chi connectivity index (χ2v) is 3.31. The van der Waals surface area contributed by atoms with E-state index in [1.165, 1.54) is 13.1 Å². The van der Waals surface area contributed by atoms with Crippen molar-refractivity contribution in [1.82, 2.24) is 24.8 Å². The van der Waals surface area contributed by atoms with Crippen LogP contribution in [0.2, 0.25) is 0 Å². The normalized spacial score (nSPS) is 10.5. The monoisotopic (exact) mass is 205 g/mol. The van der Waals surface area contributed by atoms with Crippen molar-refractivity contribution >= 4 is 5.78 Å². The molecule has 0 saturated heterocycles. The second-order valence-electron chi connectivity index (χ2n) is 3.31. The summed E-state index contributed by atoms with van der Waals surface area (Å²) in [6.07, 6.45) is 3.31. The van der Waals surface area contributed by atoms with Crippen LogP contribution in [0.3, 0.4) is 0 Å². The standard InChI is InChI=1S/C9H11N5O/c1-7(15)9-5-10-12-14(9)6-8-3-4-13(2)11-8/h3-5H,6H2,1-2H3. The molecule has 0 N–H and O–H groups in total. The van der Waals surface area contributed by atoms with Gasteiger partial charge in [0.2, 0.25) is 0 Å². The summed E-state index contributed by atoms with van der Waals surface area (Å²) in [5.74, 6) is -0.0454. The van der Waals surface area contributed by atoms with Crippen molar-refractivity contribution < 1.29 is 4.79 Å². The van der Waals surface area contributed by atoms with Crippen LogP contribution >= 0.6 is 0 Å². The molecule has 0 atom stereocenters. The van der Waals surface area contributed by atoms with Crippen LogP contribution in [0.1, 0.15) is 23.1 Å².